The fourth-order valence-corrected chi connectivity index (χ4v) is 4.79. The first kappa shape index (κ1) is 24.8. The number of nitrogens with one attached hydrogen (secondary N) is 1. The Hall–Kier alpha value is -3.28. The van der Waals surface area contributed by atoms with Crippen molar-refractivity contribution in [1.82, 2.24) is 10.2 Å². The predicted octanol–water partition coefficient (Wildman–Crippen LogP) is 5.18. The van der Waals surface area contributed by atoms with Crippen LogP contribution in [0.1, 0.15) is 42.9 Å². The Labute approximate surface area is 207 Å². The van der Waals surface area contributed by atoms with E-state index in [4.69, 9.17) is 0 Å². The quantitative estimate of drug-likeness (QED) is 0.475. The van der Waals surface area contributed by atoms with E-state index in [0.717, 1.165) is 31.5 Å². The van der Waals surface area contributed by atoms with E-state index in [1.54, 1.807) is 19.1 Å². The van der Waals surface area contributed by atoms with Crippen molar-refractivity contribution in [2.45, 2.75) is 44.9 Å². The molecule has 1 aliphatic heterocycles. The Morgan fingerprint density at radius 2 is 1.46 bits per heavy atom. The first-order valence-electron chi connectivity index (χ1n) is 12.3. The number of aliphatic hydroxyl groups is 1. The normalized spacial score (nSPS) is 15.9. The van der Waals surface area contributed by atoms with E-state index < -0.39 is 12.1 Å². The number of rotatable bonds is 8. The molecule has 1 amide bonds. The number of halogens is 1. The van der Waals surface area contributed by atoms with Crippen LogP contribution in [0, 0.1) is 5.82 Å². The van der Waals surface area contributed by atoms with Gasteiger partial charge in [0.2, 0.25) is 5.91 Å². The molecule has 3 aromatic carbocycles. The highest BCUT2D eigenvalue weighted by molar-refractivity contribution is 5.83. The van der Waals surface area contributed by atoms with Crippen molar-refractivity contribution in [3.05, 3.63) is 113 Å². The molecule has 1 aliphatic rings. The van der Waals surface area contributed by atoms with E-state index in [1.807, 2.05) is 12.1 Å². The molecular formula is C30H33FN2O2. The average molecular weight is 473 g/mol. The number of hydrogen-bond donors (Lipinski definition) is 2. The predicted molar refractivity (Wildman–Crippen MR) is 138 cm³/mol. The van der Waals surface area contributed by atoms with Crippen LogP contribution in [-0.2, 0) is 11.3 Å². The second-order valence-corrected chi connectivity index (χ2v) is 9.19. The van der Waals surface area contributed by atoms with Gasteiger partial charge >= 0.3 is 0 Å². The number of hydrogen-bond acceptors (Lipinski definition) is 3. The van der Waals surface area contributed by atoms with Crippen LogP contribution in [0.15, 0.2) is 90.5 Å². The minimum absolute atomic E-state index is 0.103. The third-order valence-corrected chi connectivity index (χ3v) is 6.57. The van der Waals surface area contributed by atoms with Gasteiger partial charge in [-0.1, -0.05) is 78.4 Å². The zero-order valence-electron chi connectivity index (χ0n) is 20.2. The SMILES string of the molecule is C[C@H](O)C[C@H](C(=O)NCc1ccc(F)cc1)N1CCC(=C(c2ccccc2)c2ccccc2)CC1. The molecule has 4 rings (SSSR count). The summed E-state index contributed by atoms with van der Waals surface area (Å²) in [5.41, 5.74) is 5.93. The topological polar surface area (TPSA) is 52.6 Å². The molecule has 35 heavy (non-hydrogen) atoms. The van der Waals surface area contributed by atoms with Gasteiger partial charge in [0.1, 0.15) is 5.82 Å². The molecule has 1 fully saturated rings. The van der Waals surface area contributed by atoms with Gasteiger partial charge in [-0.25, -0.2) is 4.39 Å². The van der Waals surface area contributed by atoms with Crippen LogP contribution >= 0.6 is 0 Å². The number of likely N-dealkylation sites (tertiary alicyclic amines) is 1. The van der Waals surface area contributed by atoms with Crippen molar-refractivity contribution >= 4 is 11.5 Å². The highest BCUT2D eigenvalue weighted by Crippen LogP contribution is 2.33. The van der Waals surface area contributed by atoms with Crippen LogP contribution in [0.25, 0.3) is 5.57 Å². The molecule has 0 bridgehead atoms. The van der Waals surface area contributed by atoms with Gasteiger partial charge in [-0.3, -0.25) is 9.69 Å². The second kappa shape index (κ2) is 11.9. The van der Waals surface area contributed by atoms with E-state index in [0.29, 0.717) is 13.0 Å². The summed E-state index contributed by atoms with van der Waals surface area (Å²) in [7, 11) is 0. The lowest BCUT2D eigenvalue weighted by molar-refractivity contribution is -0.128. The lowest BCUT2D eigenvalue weighted by atomic mass is 9.88. The monoisotopic (exact) mass is 472 g/mol. The number of nitrogens with zero attached hydrogens (tertiary/aromatic N) is 1. The zero-order chi connectivity index (χ0) is 24.6. The summed E-state index contributed by atoms with van der Waals surface area (Å²) in [5, 5.41) is 13.1. The van der Waals surface area contributed by atoms with Gasteiger partial charge in [0, 0.05) is 19.6 Å². The summed E-state index contributed by atoms with van der Waals surface area (Å²) in [6.45, 7) is 3.55. The number of aliphatic hydroxyl groups excluding tert-OH is 1. The molecular weight excluding hydrogens is 439 g/mol. The fraction of sp³-hybridized carbons (Fsp3) is 0.300. The fourth-order valence-electron chi connectivity index (χ4n) is 4.79. The van der Waals surface area contributed by atoms with Gasteiger partial charge in [0.25, 0.3) is 0 Å². The minimum Gasteiger partial charge on any atom is -0.393 e. The van der Waals surface area contributed by atoms with Gasteiger partial charge in [-0.2, -0.15) is 0 Å². The van der Waals surface area contributed by atoms with Crippen LogP contribution in [0.5, 0.6) is 0 Å². The third-order valence-electron chi connectivity index (χ3n) is 6.57. The maximum Gasteiger partial charge on any atom is 0.237 e. The smallest absolute Gasteiger partial charge is 0.237 e. The molecule has 5 heteroatoms. The van der Waals surface area contributed by atoms with Crippen molar-refractivity contribution in [3.8, 4) is 0 Å². The van der Waals surface area contributed by atoms with E-state index in [-0.39, 0.29) is 11.7 Å². The van der Waals surface area contributed by atoms with Crippen LogP contribution in [0.3, 0.4) is 0 Å². The lowest BCUT2D eigenvalue weighted by Crippen LogP contribution is -2.50. The number of piperidine rings is 1. The average Bonchev–Trinajstić information content (AvgIpc) is 2.89. The van der Waals surface area contributed by atoms with Gasteiger partial charge in [0.15, 0.2) is 0 Å². The molecule has 3 aromatic rings. The highest BCUT2D eigenvalue weighted by Gasteiger charge is 2.30. The molecule has 1 heterocycles. The molecule has 182 valence electrons. The second-order valence-electron chi connectivity index (χ2n) is 9.19. The Bertz CT molecular complexity index is 1080. The van der Waals surface area contributed by atoms with Crippen molar-refractivity contribution in [1.29, 1.82) is 0 Å². The van der Waals surface area contributed by atoms with Crippen LogP contribution in [-0.4, -0.2) is 41.1 Å². The summed E-state index contributed by atoms with van der Waals surface area (Å²) in [6, 6.07) is 26.7. The Balaban J connectivity index is 1.49. The molecule has 4 nitrogen and oxygen atoms in total. The van der Waals surface area contributed by atoms with Crippen LogP contribution in [0.2, 0.25) is 0 Å². The molecule has 0 spiro atoms. The number of carbonyl (C=O) groups excluding carboxylic acids is 1. The first-order chi connectivity index (χ1) is 17.0. The molecule has 0 aromatic heterocycles. The zero-order valence-corrected chi connectivity index (χ0v) is 20.2. The van der Waals surface area contributed by atoms with Crippen molar-refractivity contribution < 1.29 is 14.3 Å². The van der Waals surface area contributed by atoms with Gasteiger partial charge < -0.3 is 10.4 Å². The summed E-state index contributed by atoms with van der Waals surface area (Å²) < 4.78 is 13.2. The highest BCUT2D eigenvalue weighted by atomic mass is 19.1. The minimum atomic E-state index is -0.585. The van der Waals surface area contributed by atoms with Crippen molar-refractivity contribution in [3.63, 3.8) is 0 Å². The molecule has 0 saturated carbocycles. The van der Waals surface area contributed by atoms with Gasteiger partial charge in [-0.05, 0) is 60.6 Å². The molecule has 2 atom stereocenters. The van der Waals surface area contributed by atoms with E-state index in [2.05, 4.69) is 58.7 Å². The molecule has 0 radical (unpaired) electrons. The van der Waals surface area contributed by atoms with E-state index in [1.165, 1.54) is 34.4 Å². The number of amides is 1. The summed E-state index contributed by atoms with van der Waals surface area (Å²) in [5.74, 6) is -0.399. The largest absolute Gasteiger partial charge is 0.393 e. The summed E-state index contributed by atoms with van der Waals surface area (Å²) in [4.78, 5) is 15.3. The Morgan fingerprint density at radius 1 is 0.914 bits per heavy atom. The van der Waals surface area contributed by atoms with Crippen LogP contribution in [0.4, 0.5) is 4.39 Å². The molecule has 0 aliphatic carbocycles. The number of carbonyl (C=O) groups is 1. The van der Waals surface area contributed by atoms with E-state index >= 15 is 0 Å². The standard InChI is InChI=1S/C30H33FN2O2/c1-22(34)20-28(30(35)32-21-23-12-14-27(31)15-13-23)33-18-16-26(17-19-33)29(24-8-4-2-5-9-24)25-10-6-3-7-11-25/h2-15,22,28,34H,16-21H2,1H3,(H,32,35)/t22-,28+/m0/s1. The Kier molecular flexibility index (Phi) is 8.45. The summed E-state index contributed by atoms with van der Waals surface area (Å²) in [6.07, 6.45) is 1.51. The molecule has 1 saturated heterocycles. The number of benzene rings is 3. The lowest BCUT2D eigenvalue weighted by Gasteiger charge is -2.36. The maximum atomic E-state index is 13.2. The first-order valence-corrected chi connectivity index (χ1v) is 12.3. The van der Waals surface area contributed by atoms with Gasteiger partial charge in [-0.15, -0.1) is 0 Å². The van der Waals surface area contributed by atoms with Gasteiger partial charge in [0.05, 0.1) is 12.1 Å². The Morgan fingerprint density at radius 3 is 1.97 bits per heavy atom. The molecule has 2 N–H and O–H groups in total. The van der Waals surface area contributed by atoms with Crippen molar-refractivity contribution in [2.24, 2.45) is 0 Å². The van der Waals surface area contributed by atoms with Crippen LogP contribution < -0.4 is 5.32 Å². The van der Waals surface area contributed by atoms with Crippen molar-refractivity contribution in [2.75, 3.05) is 13.1 Å². The summed E-state index contributed by atoms with van der Waals surface area (Å²) >= 11 is 0. The maximum absolute atomic E-state index is 13.2. The third kappa shape index (κ3) is 6.65. The molecule has 0 unspecified atom stereocenters. The van der Waals surface area contributed by atoms with E-state index in [9.17, 15) is 14.3 Å².